The monoisotopic (exact) mass is 241 g/mol. The zero-order valence-corrected chi connectivity index (χ0v) is 10.3. The molecule has 0 unspecified atom stereocenters. The predicted molar refractivity (Wildman–Crippen MR) is 62.4 cm³/mol. The zero-order valence-electron chi connectivity index (χ0n) is 10.3. The second-order valence-electron chi connectivity index (χ2n) is 3.73. The maximum absolute atomic E-state index is 11.3. The van der Waals surface area contributed by atoms with E-state index in [-0.39, 0.29) is 12.5 Å². The fourth-order valence-corrected chi connectivity index (χ4v) is 1.31. The van der Waals surface area contributed by atoms with Crippen LogP contribution in [-0.2, 0) is 16.1 Å². The van der Waals surface area contributed by atoms with Crippen LogP contribution in [0.15, 0.2) is 10.6 Å². The second-order valence-corrected chi connectivity index (χ2v) is 3.73. The van der Waals surface area contributed by atoms with Crippen LogP contribution in [0.3, 0.4) is 0 Å². The molecule has 1 aromatic heterocycles. The van der Waals surface area contributed by atoms with E-state index in [0.29, 0.717) is 19.7 Å². The summed E-state index contributed by atoms with van der Waals surface area (Å²) in [6, 6.07) is 1.84. The minimum absolute atomic E-state index is 0.0266. The van der Waals surface area contributed by atoms with Crippen LogP contribution in [0.5, 0.6) is 0 Å². The Balaban J connectivity index is 2.04. The van der Waals surface area contributed by atoms with E-state index in [0.717, 1.165) is 17.9 Å². The molecule has 1 rings (SSSR count). The van der Waals surface area contributed by atoms with Crippen LogP contribution < -0.4 is 10.6 Å². The molecule has 0 aliphatic heterocycles. The van der Waals surface area contributed by atoms with Crippen molar-refractivity contribution >= 4 is 5.91 Å². The van der Waals surface area contributed by atoms with Crippen molar-refractivity contribution in [1.82, 2.24) is 15.8 Å². The quantitative estimate of drug-likeness (QED) is 0.637. The number of rotatable bonds is 8. The normalized spacial score (nSPS) is 10.5. The first-order chi connectivity index (χ1) is 8.22. The van der Waals surface area contributed by atoms with E-state index >= 15 is 0 Å². The molecule has 1 amide bonds. The van der Waals surface area contributed by atoms with E-state index in [1.807, 2.05) is 13.0 Å². The van der Waals surface area contributed by atoms with Gasteiger partial charge in [-0.15, -0.1) is 0 Å². The van der Waals surface area contributed by atoms with E-state index in [1.54, 1.807) is 7.11 Å². The van der Waals surface area contributed by atoms with Gasteiger partial charge in [-0.1, -0.05) is 5.16 Å². The lowest BCUT2D eigenvalue weighted by molar-refractivity contribution is -0.120. The maximum Gasteiger partial charge on any atom is 0.233 e. The van der Waals surface area contributed by atoms with Crippen molar-refractivity contribution < 1.29 is 14.1 Å². The minimum Gasteiger partial charge on any atom is -0.385 e. The fourth-order valence-electron chi connectivity index (χ4n) is 1.31. The molecule has 0 fully saturated rings. The van der Waals surface area contributed by atoms with Gasteiger partial charge >= 0.3 is 0 Å². The molecule has 0 radical (unpaired) electrons. The second kappa shape index (κ2) is 7.81. The summed E-state index contributed by atoms with van der Waals surface area (Å²) in [5.41, 5.74) is 0.801. The third-order valence-corrected chi connectivity index (χ3v) is 2.12. The summed E-state index contributed by atoms with van der Waals surface area (Å²) in [5, 5.41) is 9.59. The van der Waals surface area contributed by atoms with Crippen molar-refractivity contribution in [1.29, 1.82) is 0 Å². The number of aryl methyl sites for hydroxylation is 1. The molecule has 0 spiro atoms. The summed E-state index contributed by atoms with van der Waals surface area (Å²) in [6.45, 7) is 3.93. The highest BCUT2D eigenvalue weighted by atomic mass is 16.5. The summed E-state index contributed by atoms with van der Waals surface area (Å²) in [4.78, 5) is 11.3. The summed E-state index contributed by atoms with van der Waals surface area (Å²) in [7, 11) is 1.64. The van der Waals surface area contributed by atoms with Crippen molar-refractivity contribution in [3.8, 4) is 0 Å². The van der Waals surface area contributed by atoms with Crippen molar-refractivity contribution in [2.45, 2.75) is 19.9 Å². The topological polar surface area (TPSA) is 76.4 Å². The van der Waals surface area contributed by atoms with Gasteiger partial charge in [0.25, 0.3) is 0 Å². The lowest BCUT2D eigenvalue weighted by atomic mass is 10.4. The number of carbonyl (C=O) groups is 1. The maximum atomic E-state index is 11.3. The third-order valence-electron chi connectivity index (χ3n) is 2.12. The molecule has 1 aromatic rings. The van der Waals surface area contributed by atoms with Crippen LogP contribution in [0.1, 0.15) is 17.9 Å². The van der Waals surface area contributed by atoms with E-state index in [4.69, 9.17) is 9.26 Å². The predicted octanol–water partition coefficient (Wildman–Crippen LogP) is 0.225. The van der Waals surface area contributed by atoms with Crippen LogP contribution in [0.25, 0.3) is 0 Å². The highest BCUT2D eigenvalue weighted by Crippen LogP contribution is 1.99. The molecule has 17 heavy (non-hydrogen) atoms. The molecule has 0 aliphatic rings. The van der Waals surface area contributed by atoms with Gasteiger partial charge in [0.1, 0.15) is 5.76 Å². The van der Waals surface area contributed by atoms with Gasteiger partial charge in [0.2, 0.25) is 5.91 Å². The molecule has 0 aliphatic carbocycles. The summed E-state index contributed by atoms with van der Waals surface area (Å²) in [6.07, 6.45) is 0.824. The van der Waals surface area contributed by atoms with E-state index < -0.39 is 0 Å². The van der Waals surface area contributed by atoms with Crippen LogP contribution in [-0.4, -0.2) is 37.9 Å². The van der Waals surface area contributed by atoms with Crippen LogP contribution in [0, 0.1) is 6.92 Å². The van der Waals surface area contributed by atoms with E-state index in [1.165, 1.54) is 0 Å². The van der Waals surface area contributed by atoms with Gasteiger partial charge in [0, 0.05) is 32.9 Å². The lowest BCUT2D eigenvalue weighted by Gasteiger charge is -2.05. The first-order valence-corrected chi connectivity index (χ1v) is 5.61. The number of carbonyl (C=O) groups excluding carboxylic acids is 1. The SMILES string of the molecule is COCCCNC(=O)CNCc1cc(C)on1. The Kier molecular flexibility index (Phi) is 6.27. The first kappa shape index (κ1) is 13.7. The number of hydrogen-bond acceptors (Lipinski definition) is 5. The van der Waals surface area contributed by atoms with Crippen LogP contribution in [0.2, 0.25) is 0 Å². The number of nitrogens with zero attached hydrogens (tertiary/aromatic N) is 1. The molecule has 0 atom stereocenters. The molecule has 2 N–H and O–H groups in total. The highest BCUT2D eigenvalue weighted by Gasteiger charge is 2.02. The Morgan fingerprint density at radius 2 is 2.41 bits per heavy atom. The minimum atomic E-state index is -0.0266. The van der Waals surface area contributed by atoms with Crippen molar-refractivity contribution in [2.24, 2.45) is 0 Å². The molecule has 0 aromatic carbocycles. The van der Waals surface area contributed by atoms with E-state index in [9.17, 15) is 4.79 Å². The van der Waals surface area contributed by atoms with Gasteiger partial charge in [-0.05, 0) is 13.3 Å². The largest absolute Gasteiger partial charge is 0.385 e. The number of nitrogens with one attached hydrogen (secondary N) is 2. The van der Waals surface area contributed by atoms with Gasteiger partial charge in [0.15, 0.2) is 0 Å². The van der Waals surface area contributed by atoms with Gasteiger partial charge in [-0.2, -0.15) is 0 Å². The molecule has 6 nitrogen and oxygen atoms in total. The molecule has 0 bridgehead atoms. The third kappa shape index (κ3) is 6.03. The molecular formula is C11H19N3O3. The van der Waals surface area contributed by atoms with Gasteiger partial charge in [-0.25, -0.2) is 0 Å². The van der Waals surface area contributed by atoms with Gasteiger partial charge < -0.3 is 19.9 Å². The molecular weight excluding hydrogens is 222 g/mol. The Hall–Kier alpha value is -1.40. The average Bonchev–Trinajstić information content (AvgIpc) is 2.71. The molecule has 0 saturated heterocycles. The molecule has 96 valence electrons. The van der Waals surface area contributed by atoms with E-state index in [2.05, 4.69) is 15.8 Å². The smallest absolute Gasteiger partial charge is 0.233 e. The van der Waals surface area contributed by atoms with Crippen LogP contribution >= 0.6 is 0 Å². The first-order valence-electron chi connectivity index (χ1n) is 5.61. The standard InChI is InChI=1S/C11H19N3O3/c1-9-6-10(14-17-9)7-12-8-11(15)13-4-3-5-16-2/h6,12H,3-5,7-8H2,1-2H3,(H,13,15). The number of ether oxygens (including phenoxy) is 1. The van der Waals surface area contributed by atoms with Gasteiger partial charge in [-0.3, -0.25) is 4.79 Å². The fraction of sp³-hybridized carbons (Fsp3) is 0.636. The molecule has 6 heteroatoms. The van der Waals surface area contributed by atoms with Crippen molar-refractivity contribution in [2.75, 3.05) is 26.8 Å². The highest BCUT2D eigenvalue weighted by molar-refractivity contribution is 5.77. The zero-order chi connectivity index (χ0) is 12.5. The number of hydrogen-bond donors (Lipinski definition) is 2. The lowest BCUT2D eigenvalue weighted by Crippen LogP contribution is -2.34. The summed E-state index contributed by atoms with van der Waals surface area (Å²) in [5.74, 6) is 0.743. The van der Waals surface area contributed by atoms with Crippen molar-refractivity contribution in [3.63, 3.8) is 0 Å². The molecule has 1 heterocycles. The summed E-state index contributed by atoms with van der Waals surface area (Å²) >= 11 is 0. The number of aromatic nitrogens is 1. The van der Waals surface area contributed by atoms with Crippen molar-refractivity contribution in [3.05, 3.63) is 17.5 Å². The molecule has 0 saturated carbocycles. The Morgan fingerprint density at radius 3 is 3.06 bits per heavy atom. The Labute approximate surface area is 101 Å². The summed E-state index contributed by atoms with van der Waals surface area (Å²) < 4.78 is 9.79. The Bertz CT molecular complexity index is 338. The average molecular weight is 241 g/mol. The number of methoxy groups -OCH3 is 1. The Morgan fingerprint density at radius 1 is 1.59 bits per heavy atom. The van der Waals surface area contributed by atoms with Gasteiger partial charge in [0.05, 0.1) is 12.2 Å². The number of amides is 1. The van der Waals surface area contributed by atoms with Crippen LogP contribution in [0.4, 0.5) is 0 Å².